The number of hydrogen-bond acceptors (Lipinski definition) is 7. The van der Waals surface area contributed by atoms with Crippen LogP contribution in [0.5, 0.6) is 11.5 Å². The van der Waals surface area contributed by atoms with Crippen LogP contribution in [0.4, 0.5) is 0 Å². The standard InChI is InChI=1S/C22H20N4O4S/c1-14-3-5-15(6-4-14)21-25-26-20(28)11-16(24-22(26)31-21)12-23-19(27)13-30-18-9-7-17(29-2)8-10-18/h3-11H,12-13H2,1-2H3,(H,23,27). The molecular weight excluding hydrogens is 416 g/mol. The van der Waals surface area contributed by atoms with Gasteiger partial charge in [-0.05, 0) is 31.2 Å². The number of rotatable bonds is 7. The van der Waals surface area contributed by atoms with Gasteiger partial charge in [-0.3, -0.25) is 9.59 Å². The maximum atomic E-state index is 12.4. The lowest BCUT2D eigenvalue weighted by atomic mass is 10.2. The molecular formula is C22H20N4O4S. The van der Waals surface area contributed by atoms with Gasteiger partial charge in [-0.25, -0.2) is 4.98 Å². The fourth-order valence-electron chi connectivity index (χ4n) is 2.82. The van der Waals surface area contributed by atoms with Gasteiger partial charge in [-0.2, -0.15) is 9.61 Å². The number of carbonyl (C=O) groups excluding carboxylic acids is 1. The molecule has 4 aromatic rings. The fourth-order valence-corrected chi connectivity index (χ4v) is 3.75. The average Bonchev–Trinajstić information content (AvgIpc) is 3.22. The molecule has 0 aliphatic heterocycles. The van der Waals surface area contributed by atoms with Crippen molar-refractivity contribution in [3.8, 4) is 22.1 Å². The van der Waals surface area contributed by atoms with Crippen LogP contribution in [0.3, 0.4) is 0 Å². The van der Waals surface area contributed by atoms with Crippen LogP contribution in [-0.2, 0) is 11.3 Å². The molecule has 158 valence electrons. The van der Waals surface area contributed by atoms with Crippen molar-refractivity contribution in [3.05, 3.63) is 76.2 Å². The number of benzene rings is 2. The summed E-state index contributed by atoms with van der Waals surface area (Å²) in [6.07, 6.45) is 0. The van der Waals surface area contributed by atoms with Crippen molar-refractivity contribution in [2.24, 2.45) is 0 Å². The van der Waals surface area contributed by atoms with Gasteiger partial charge < -0.3 is 14.8 Å². The molecule has 0 bridgehead atoms. The maximum Gasteiger partial charge on any atom is 0.275 e. The molecule has 2 heterocycles. The summed E-state index contributed by atoms with van der Waals surface area (Å²) in [5.74, 6) is 0.947. The second kappa shape index (κ2) is 8.97. The third kappa shape index (κ3) is 4.89. The third-order valence-corrected chi connectivity index (χ3v) is 5.45. The van der Waals surface area contributed by atoms with Crippen molar-refractivity contribution in [3.63, 3.8) is 0 Å². The van der Waals surface area contributed by atoms with Crippen LogP contribution in [0.2, 0.25) is 0 Å². The molecule has 0 unspecified atom stereocenters. The van der Waals surface area contributed by atoms with Crippen molar-refractivity contribution < 1.29 is 14.3 Å². The molecule has 0 spiro atoms. The van der Waals surface area contributed by atoms with Gasteiger partial charge >= 0.3 is 0 Å². The number of fused-ring (bicyclic) bond motifs is 1. The molecule has 2 aromatic heterocycles. The number of aromatic nitrogens is 3. The summed E-state index contributed by atoms with van der Waals surface area (Å²) >= 11 is 1.32. The Kier molecular flexibility index (Phi) is 5.94. The van der Waals surface area contributed by atoms with E-state index in [0.29, 0.717) is 27.2 Å². The Balaban J connectivity index is 1.40. The van der Waals surface area contributed by atoms with Crippen LogP contribution >= 0.6 is 11.3 Å². The Hall–Kier alpha value is -3.72. The minimum Gasteiger partial charge on any atom is -0.497 e. The van der Waals surface area contributed by atoms with Crippen molar-refractivity contribution in [2.45, 2.75) is 13.5 Å². The van der Waals surface area contributed by atoms with Gasteiger partial charge in [0, 0.05) is 11.6 Å². The zero-order valence-electron chi connectivity index (χ0n) is 17.0. The second-order valence-corrected chi connectivity index (χ2v) is 7.75. The molecule has 1 amide bonds. The van der Waals surface area contributed by atoms with Crippen LogP contribution in [0, 0.1) is 6.92 Å². The van der Waals surface area contributed by atoms with Gasteiger partial charge in [0.15, 0.2) is 6.61 Å². The smallest absolute Gasteiger partial charge is 0.275 e. The molecule has 9 heteroatoms. The number of nitrogens with one attached hydrogen (secondary N) is 1. The summed E-state index contributed by atoms with van der Waals surface area (Å²) in [6.45, 7) is 1.98. The number of hydrogen-bond donors (Lipinski definition) is 1. The number of aryl methyl sites for hydroxylation is 1. The second-order valence-electron chi connectivity index (χ2n) is 6.79. The molecule has 1 N–H and O–H groups in total. The Bertz CT molecular complexity index is 1260. The van der Waals surface area contributed by atoms with E-state index in [0.717, 1.165) is 11.1 Å². The monoisotopic (exact) mass is 436 g/mol. The lowest BCUT2D eigenvalue weighted by Gasteiger charge is -2.08. The summed E-state index contributed by atoms with van der Waals surface area (Å²) in [6, 6.07) is 16.2. The van der Waals surface area contributed by atoms with Gasteiger partial charge in [0.2, 0.25) is 4.96 Å². The van der Waals surface area contributed by atoms with Crippen LogP contribution < -0.4 is 20.3 Å². The lowest BCUT2D eigenvalue weighted by molar-refractivity contribution is -0.123. The summed E-state index contributed by atoms with van der Waals surface area (Å²) < 4.78 is 11.8. The highest BCUT2D eigenvalue weighted by molar-refractivity contribution is 7.19. The van der Waals surface area contributed by atoms with Crippen LogP contribution in [0.1, 0.15) is 11.3 Å². The molecule has 0 aliphatic carbocycles. The van der Waals surface area contributed by atoms with E-state index >= 15 is 0 Å². The van der Waals surface area contributed by atoms with Gasteiger partial charge in [0.05, 0.1) is 19.3 Å². The molecule has 0 saturated heterocycles. The van der Waals surface area contributed by atoms with Crippen molar-refractivity contribution in [2.75, 3.05) is 13.7 Å². The first kappa shape index (κ1) is 20.5. The Morgan fingerprint density at radius 2 is 1.81 bits per heavy atom. The topological polar surface area (TPSA) is 94.8 Å². The minimum absolute atomic E-state index is 0.119. The van der Waals surface area contributed by atoms with E-state index in [-0.39, 0.29) is 24.6 Å². The van der Waals surface area contributed by atoms with Crippen molar-refractivity contribution >= 4 is 22.2 Å². The van der Waals surface area contributed by atoms with Crippen LogP contribution in [0.15, 0.2) is 59.4 Å². The highest BCUT2D eigenvalue weighted by Crippen LogP contribution is 2.24. The maximum absolute atomic E-state index is 12.4. The lowest BCUT2D eigenvalue weighted by Crippen LogP contribution is -2.29. The number of amides is 1. The number of methoxy groups -OCH3 is 1. The molecule has 0 fully saturated rings. The van der Waals surface area contributed by atoms with Crippen molar-refractivity contribution in [1.29, 1.82) is 0 Å². The largest absolute Gasteiger partial charge is 0.497 e. The number of ether oxygens (including phenoxy) is 2. The van der Waals surface area contributed by atoms with Gasteiger partial charge in [0.25, 0.3) is 11.5 Å². The van der Waals surface area contributed by atoms with Crippen LogP contribution in [0.25, 0.3) is 15.5 Å². The molecule has 8 nitrogen and oxygen atoms in total. The fraction of sp³-hybridized carbons (Fsp3) is 0.182. The van der Waals surface area contributed by atoms with E-state index < -0.39 is 0 Å². The molecule has 0 atom stereocenters. The predicted octanol–water partition coefficient (Wildman–Crippen LogP) is 2.83. The molecule has 0 aliphatic rings. The Morgan fingerprint density at radius 3 is 2.52 bits per heavy atom. The highest BCUT2D eigenvalue weighted by atomic mass is 32.1. The quantitative estimate of drug-likeness (QED) is 0.479. The van der Waals surface area contributed by atoms with Gasteiger partial charge in [-0.15, -0.1) is 0 Å². The van der Waals surface area contributed by atoms with E-state index in [9.17, 15) is 9.59 Å². The third-order valence-electron chi connectivity index (χ3n) is 4.49. The van der Waals surface area contributed by atoms with E-state index in [1.165, 1.54) is 21.9 Å². The highest BCUT2D eigenvalue weighted by Gasteiger charge is 2.11. The zero-order valence-corrected chi connectivity index (χ0v) is 17.8. The van der Waals surface area contributed by atoms with Gasteiger partial charge in [-0.1, -0.05) is 41.2 Å². The minimum atomic E-state index is -0.317. The van der Waals surface area contributed by atoms with Crippen LogP contribution in [-0.4, -0.2) is 34.2 Å². The number of nitrogens with zero attached hydrogens (tertiary/aromatic N) is 3. The van der Waals surface area contributed by atoms with E-state index in [2.05, 4.69) is 15.4 Å². The molecule has 0 saturated carbocycles. The molecule has 0 radical (unpaired) electrons. The van der Waals surface area contributed by atoms with E-state index in [1.807, 2.05) is 31.2 Å². The SMILES string of the molecule is COc1ccc(OCC(=O)NCc2cc(=O)n3nc(-c4ccc(C)cc4)sc3n2)cc1. The molecule has 4 rings (SSSR count). The zero-order chi connectivity index (χ0) is 21.8. The molecule has 2 aromatic carbocycles. The normalized spacial score (nSPS) is 10.8. The molecule has 31 heavy (non-hydrogen) atoms. The van der Waals surface area contributed by atoms with E-state index in [4.69, 9.17) is 9.47 Å². The van der Waals surface area contributed by atoms with E-state index in [1.54, 1.807) is 31.4 Å². The van der Waals surface area contributed by atoms with Gasteiger partial charge in [0.1, 0.15) is 16.5 Å². The Morgan fingerprint density at radius 1 is 1.10 bits per heavy atom. The average molecular weight is 436 g/mol. The summed E-state index contributed by atoms with van der Waals surface area (Å²) in [5.41, 5.74) is 2.24. The summed E-state index contributed by atoms with van der Waals surface area (Å²) in [7, 11) is 1.58. The summed E-state index contributed by atoms with van der Waals surface area (Å²) in [5, 5.41) is 7.79. The number of carbonyl (C=O) groups is 1. The Labute approximate surface area is 182 Å². The first-order valence-electron chi connectivity index (χ1n) is 9.52. The first-order valence-corrected chi connectivity index (χ1v) is 10.3. The predicted molar refractivity (Wildman–Crippen MR) is 118 cm³/mol. The first-order chi connectivity index (χ1) is 15.0. The summed E-state index contributed by atoms with van der Waals surface area (Å²) in [4.78, 5) is 29.5. The van der Waals surface area contributed by atoms with Crippen molar-refractivity contribution in [1.82, 2.24) is 19.9 Å².